The number of hydrogen-bond acceptors (Lipinski definition) is 5. The molecule has 6 nitrogen and oxygen atoms in total. The standard InChI is InChI=1S/C17H15ClN2O3.C2H6.CH4O/c1-2-22-17(21)16-15(23-9-5-3-4-8-19)11-12-10-13(18)6-7-14(12)20-16;2*1-2/h3-11,19H,2H2,1H3;1-2H3;2H,1H3/p+1/b4-3-,9-5-,19-8?;;. The Morgan fingerprint density at radius 3 is 2.56 bits per heavy atom. The molecule has 0 aliphatic rings. The molecule has 1 aromatic heterocycles. The number of halogens is 1. The summed E-state index contributed by atoms with van der Waals surface area (Å²) in [6, 6.07) is 6.89. The molecule has 0 fully saturated rings. The summed E-state index contributed by atoms with van der Waals surface area (Å²) < 4.78 is 10.5. The van der Waals surface area contributed by atoms with Crippen molar-refractivity contribution in [2.75, 3.05) is 13.7 Å². The fourth-order valence-corrected chi connectivity index (χ4v) is 2.03. The number of nitrogens with two attached hydrogens (primary N) is 1. The summed E-state index contributed by atoms with van der Waals surface area (Å²) >= 11 is 5.99. The molecule has 2 aromatic rings. The minimum atomic E-state index is -0.543. The number of nitrogens with zero attached hydrogens (tertiary/aromatic N) is 1. The molecule has 0 radical (unpaired) electrons. The number of carbonyl (C=O) groups is 1. The molecule has 0 atom stereocenters. The van der Waals surface area contributed by atoms with E-state index in [1.54, 1.807) is 49.4 Å². The highest BCUT2D eigenvalue weighted by atomic mass is 35.5. The van der Waals surface area contributed by atoms with Gasteiger partial charge in [0.25, 0.3) is 0 Å². The maximum Gasteiger partial charge on any atom is 0.360 e. The minimum absolute atomic E-state index is 0.112. The fourth-order valence-electron chi connectivity index (χ4n) is 1.85. The van der Waals surface area contributed by atoms with Gasteiger partial charge in [-0.15, -0.1) is 0 Å². The van der Waals surface area contributed by atoms with Crippen LogP contribution in [0.25, 0.3) is 10.9 Å². The van der Waals surface area contributed by atoms with Crippen molar-refractivity contribution in [3.63, 3.8) is 0 Å². The number of fused-ring (bicyclic) bond motifs is 1. The Morgan fingerprint density at radius 1 is 1.22 bits per heavy atom. The van der Waals surface area contributed by atoms with E-state index < -0.39 is 5.97 Å². The summed E-state index contributed by atoms with van der Waals surface area (Å²) in [7, 11) is 1.00. The van der Waals surface area contributed by atoms with Gasteiger partial charge in [0.1, 0.15) is 0 Å². The van der Waals surface area contributed by atoms with E-state index >= 15 is 0 Å². The molecule has 0 saturated carbocycles. The van der Waals surface area contributed by atoms with Crippen LogP contribution < -0.4 is 10.1 Å². The van der Waals surface area contributed by atoms with Crippen molar-refractivity contribution in [3.05, 3.63) is 59.5 Å². The zero-order valence-corrected chi connectivity index (χ0v) is 16.7. The van der Waals surface area contributed by atoms with E-state index in [0.717, 1.165) is 12.5 Å². The van der Waals surface area contributed by atoms with Crippen molar-refractivity contribution in [1.82, 2.24) is 4.98 Å². The summed E-state index contributed by atoms with van der Waals surface area (Å²) in [6.45, 7) is 5.98. The van der Waals surface area contributed by atoms with Gasteiger partial charge in [0.2, 0.25) is 0 Å². The Bertz CT molecular complexity index is 789. The molecule has 0 aliphatic heterocycles. The number of aliphatic hydroxyl groups excluding tert-OH is 1. The Morgan fingerprint density at radius 2 is 1.93 bits per heavy atom. The van der Waals surface area contributed by atoms with Crippen LogP contribution in [-0.4, -0.2) is 36.0 Å². The summed E-state index contributed by atoms with van der Waals surface area (Å²) in [5.74, 6) is -0.252. The number of hydrogen-bond donors (Lipinski definition) is 2. The number of pyridine rings is 1. The molecule has 0 spiro atoms. The van der Waals surface area contributed by atoms with Crippen LogP contribution in [0.5, 0.6) is 5.75 Å². The van der Waals surface area contributed by atoms with Crippen molar-refractivity contribution >= 4 is 34.7 Å². The van der Waals surface area contributed by atoms with Crippen LogP contribution in [0.3, 0.4) is 0 Å². The number of aliphatic hydroxyl groups is 1. The first-order valence-corrected chi connectivity index (χ1v) is 8.79. The predicted molar refractivity (Wildman–Crippen MR) is 109 cm³/mol. The van der Waals surface area contributed by atoms with Crippen LogP contribution in [-0.2, 0) is 4.74 Å². The van der Waals surface area contributed by atoms with Gasteiger partial charge in [0, 0.05) is 23.6 Å². The Kier molecular flexibility index (Phi) is 13.0. The summed E-state index contributed by atoms with van der Waals surface area (Å²) in [5, 5.41) is 13.6. The van der Waals surface area contributed by atoms with Gasteiger partial charge in [-0.25, -0.2) is 9.78 Å². The van der Waals surface area contributed by atoms with Gasteiger partial charge in [0.05, 0.1) is 18.4 Å². The monoisotopic (exact) mass is 393 g/mol. The van der Waals surface area contributed by atoms with Gasteiger partial charge in [-0.3, -0.25) is 5.41 Å². The highest BCUT2D eigenvalue weighted by Gasteiger charge is 2.17. The summed E-state index contributed by atoms with van der Waals surface area (Å²) in [5.41, 5.74) is 0.743. The molecule has 0 saturated heterocycles. The average molecular weight is 394 g/mol. The quantitative estimate of drug-likeness (QED) is 0.340. The molecule has 7 heteroatoms. The molecule has 146 valence electrons. The number of esters is 1. The van der Waals surface area contributed by atoms with Gasteiger partial charge < -0.3 is 14.6 Å². The predicted octanol–water partition coefficient (Wildman–Crippen LogP) is 2.98. The zero-order valence-electron chi connectivity index (χ0n) is 16.0. The topological polar surface area (TPSA) is 94.2 Å². The molecule has 27 heavy (non-hydrogen) atoms. The molecule has 0 aliphatic carbocycles. The third kappa shape index (κ3) is 8.02. The zero-order chi connectivity index (χ0) is 20.7. The summed E-state index contributed by atoms with van der Waals surface area (Å²) in [6.07, 6.45) is 7.80. The van der Waals surface area contributed by atoms with Gasteiger partial charge >= 0.3 is 5.97 Å². The maximum absolute atomic E-state index is 12.1. The number of allylic oxidation sites excluding steroid dienone is 3. The molecule has 1 heterocycles. The lowest BCUT2D eigenvalue weighted by atomic mass is 10.2. The Labute approximate surface area is 164 Å². The number of ether oxygens (including phenoxy) is 2. The van der Waals surface area contributed by atoms with Crippen LogP contribution in [0.4, 0.5) is 0 Å². The van der Waals surface area contributed by atoms with Crippen molar-refractivity contribution in [1.29, 1.82) is 0 Å². The lowest BCUT2D eigenvalue weighted by Crippen LogP contribution is -2.27. The fraction of sp³-hybridized carbons (Fsp3) is 0.250. The normalized spacial score (nSPS) is 10.0. The number of rotatable bonds is 6. The number of aromatic nitrogens is 1. The first-order valence-electron chi connectivity index (χ1n) is 8.41. The van der Waals surface area contributed by atoms with Crippen LogP contribution in [0.1, 0.15) is 31.3 Å². The van der Waals surface area contributed by atoms with Gasteiger partial charge in [0.15, 0.2) is 17.7 Å². The SMILES string of the molecule is CC.CCOC(=O)c1nc2ccc(Cl)cc2cc1O/C=C\C=C/C=[NH2+].CO. The molecule has 0 amide bonds. The first kappa shape index (κ1) is 24.3. The minimum Gasteiger partial charge on any atom is -0.462 e. The van der Waals surface area contributed by atoms with Crippen molar-refractivity contribution in [2.45, 2.75) is 20.8 Å². The highest BCUT2D eigenvalue weighted by molar-refractivity contribution is 6.31. The van der Waals surface area contributed by atoms with E-state index in [1.807, 2.05) is 13.8 Å². The second-order valence-corrected chi connectivity index (χ2v) is 4.85. The smallest absolute Gasteiger partial charge is 0.360 e. The van der Waals surface area contributed by atoms with Gasteiger partial charge in [-0.1, -0.05) is 31.5 Å². The van der Waals surface area contributed by atoms with Crippen molar-refractivity contribution in [2.24, 2.45) is 0 Å². The maximum atomic E-state index is 12.1. The average Bonchev–Trinajstić information content (AvgIpc) is 2.70. The molecule has 3 N–H and O–H groups in total. The third-order valence-corrected chi connectivity index (χ3v) is 3.05. The van der Waals surface area contributed by atoms with E-state index in [-0.39, 0.29) is 12.3 Å². The van der Waals surface area contributed by atoms with Crippen LogP contribution in [0.2, 0.25) is 5.02 Å². The molecule has 2 rings (SSSR count). The van der Waals surface area contributed by atoms with E-state index in [1.165, 1.54) is 12.5 Å². The van der Waals surface area contributed by atoms with Crippen LogP contribution in [0.15, 0.2) is 48.8 Å². The molecular formula is C20H26ClN2O4+. The van der Waals surface area contributed by atoms with E-state index in [2.05, 4.69) is 4.98 Å². The molecular weight excluding hydrogens is 368 g/mol. The van der Waals surface area contributed by atoms with Gasteiger partial charge in [-0.05, 0) is 37.3 Å². The molecule has 1 aromatic carbocycles. The van der Waals surface area contributed by atoms with Crippen molar-refractivity contribution < 1.29 is 24.8 Å². The van der Waals surface area contributed by atoms with E-state index in [9.17, 15) is 4.79 Å². The molecule has 0 bridgehead atoms. The lowest BCUT2D eigenvalue weighted by Gasteiger charge is -2.09. The lowest BCUT2D eigenvalue weighted by molar-refractivity contribution is -0.104. The van der Waals surface area contributed by atoms with Crippen LogP contribution >= 0.6 is 11.6 Å². The number of benzene rings is 1. The van der Waals surface area contributed by atoms with Crippen LogP contribution in [0, 0.1) is 0 Å². The van der Waals surface area contributed by atoms with E-state index in [4.69, 9.17) is 31.6 Å². The largest absolute Gasteiger partial charge is 0.462 e. The second kappa shape index (κ2) is 14.5. The Balaban J connectivity index is 0.00000158. The van der Waals surface area contributed by atoms with E-state index in [0.29, 0.717) is 16.3 Å². The summed E-state index contributed by atoms with van der Waals surface area (Å²) in [4.78, 5) is 16.4. The van der Waals surface area contributed by atoms with Crippen molar-refractivity contribution in [3.8, 4) is 5.75 Å². The second-order valence-electron chi connectivity index (χ2n) is 4.42. The highest BCUT2D eigenvalue weighted by Crippen LogP contribution is 2.26. The first-order chi connectivity index (χ1) is 13.2. The van der Waals surface area contributed by atoms with Gasteiger partial charge in [-0.2, -0.15) is 0 Å². The Hall–Kier alpha value is -2.70. The molecule has 0 unspecified atom stereocenters. The number of carbonyl (C=O) groups excluding carboxylic acids is 1. The third-order valence-electron chi connectivity index (χ3n) is 2.82.